The van der Waals surface area contributed by atoms with Crippen LogP contribution in [0.3, 0.4) is 0 Å². The summed E-state index contributed by atoms with van der Waals surface area (Å²) in [7, 11) is 0. The van der Waals surface area contributed by atoms with Gasteiger partial charge in [0.25, 0.3) is 0 Å². The molecule has 2 N–H and O–H groups in total. The van der Waals surface area contributed by atoms with Crippen molar-refractivity contribution in [2.75, 3.05) is 29.9 Å². The highest BCUT2D eigenvalue weighted by Crippen LogP contribution is 2.25. The monoisotopic (exact) mass is 354 g/mol. The van der Waals surface area contributed by atoms with Crippen LogP contribution in [0.1, 0.15) is 32.4 Å². The fourth-order valence-electron chi connectivity index (χ4n) is 2.85. The number of likely N-dealkylation sites (N-methyl/N-ethyl adjacent to an activating group) is 1. The zero-order valence-corrected chi connectivity index (χ0v) is 15.6. The molecule has 0 bridgehead atoms. The van der Waals surface area contributed by atoms with E-state index in [4.69, 9.17) is 9.97 Å². The average Bonchev–Trinajstić information content (AvgIpc) is 3.09. The first kappa shape index (κ1) is 18.1. The second-order valence-corrected chi connectivity index (χ2v) is 6.43. The predicted octanol–water partition coefficient (Wildman–Crippen LogP) is 2.84. The molecule has 0 spiro atoms. The number of benzene rings is 1. The Hall–Kier alpha value is -2.67. The van der Waals surface area contributed by atoms with Crippen molar-refractivity contribution >= 4 is 22.9 Å². The van der Waals surface area contributed by atoms with Crippen LogP contribution in [0.25, 0.3) is 11.2 Å². The smallest absolute Gasteiger partial charge is 0.229 e. The minimum atomic E-state index is 0.0610. The number of nitrogens with zero attached hydrogens (tertiary/aromatic N) is 5. The molecule has 0 unspecified atom stereocenters. The third-order valence-electron chi connectivity index (χ3n) is 4.30. The van der Waals surface area contributed by atoms with Crippen molar-refractivity contribution in [1.82, 2.24) is 19.5 Å². The Labute approximate surface area is 153 Å². The van der Waals surface area contributed by atoms with Crippen LogP contribution in [0, 0.1) is 0 Å². The molecule has 0 fully saturated rings. The largest absolute Gasteiger partial charge is 0.395 e. The Morgan fingerprint density at radius 2 is 1.96 bits per heavy atom. The van der Waals surface area contributed by atoms with Gasteiger partial charge >= 0.3 is 0 Å². The molecule has 7 nitrogen and oxygen atoms in total. The summed E-state index contributed by atoms with van der Waals surface area (Å²) >= 11 is 0. The predicted molar refractivity (Wildman–Crippen MR) is 104 cm³/mol. The van der Waals surface area contributed by atoms with Gasteiger partial charge in [-0.2, -0.15) is 9.97 Å². The van der Waals surface area contributed by atoms with Crippen LogP contribution < -0.4 is 10.2 Å². The lowest BCUT2D eigenvalue weighted by Crippen LogP contribution is -2.28. The second-order valence-electron chi connectivity index (χ2n) is 6.43. The summed E-state index contributed by atoms with van der Waals surface area (Å²) in [6.45, 7) is 8.17. The molecule has 0 atom stereocenters. The summed E-state index contributed by atoms with van der Waals surface area (Å²) in [6.07, 6.45) is 1.81. The Balaban J connectivity index is 2.01. The van der Waals surface area contributed by atoms with Crippen molar-refractivity contribution < 1.29 is 5.11 Å². The molecule has 26 heavy (non-hydrogen) atoms. The van der Waals surface area contributed by atoms with Crippen molar-refractivity contribution in [2.24, 2.45) is 0 Å². The van der Waals surface area contributed by atoms with Crippen LogP contribution in [-0.4, -0.2) is 44.3 Å². The first-order valence-corrected chi connectivity index (χ1v) is 9.02. The molecular weight excluding hydrogens is 328 g/mol. The topological polar surface area (TPSA) is 79.1 Å². The number of nitrogens with one attached hydrogen (secondary N) is 1. The van der Waals surface area contributed by atoms with Crippen LogP contribution >= 0.6 is 0 Å². The van der Waals surface area contributed by atoms with Crippen LogP contribution in [0.15, 0.2) is 36.7 Å². The number of hydrogen-bond acceptors (Lipinski definition) is 6. The van der Waals surface area contributed by atoms with Crippen LogP contribution in [0.4, 0.5) is 11.8 Å². The van der Waals surface area contributed by atoms with E-state index in [0.29, 0.717) is 24.9 Å². The van der Waals surface area contributed by atoms with Crippen LogP contribution in [-0.2, 0) is 6.54 Å². The van der Waals surface area contributed by atoms with E-state index in [1.807, 2.05) is 40.9 Å². The number of anilines is 2. The zero-order valence-electron chi connectivity index (χ0n) is 15.6. The molecule has 2 aromatic heterocycles. The number of aliphatic hydroxyl groups excluding tert-OH is 1. The molecular formula is C19H26N6O. The third-order valence-corrected chi connectivity index (χ3v) is 4.30. The van der Waals surface area contributed by atoms with E-state index in [0.717, 1.165) is 17.7 Å². The Morgan fingerprint density at radius 1 is 1.19 bits per heavy atom. The van der Waals surface area contributed by atoms with Crippen molar-refractivity contribution in [2.45, 2.75) is 33.4 Å². The van der Waals surface area contributed by atoms with Gasteiger partial charge in [0.05, 0.1) is 12.9 Å². The quantitative estimate of drug-likeness (QED) is 0.648. The van der Waals surface area contributed by atoms with Gasteiger partial charge in [-0.3, -0.25) is 0 Å². The molecule has 0 amide bonds. The molecule has 3 rings (SSSR count). The van der Waals surface area contributed by atoms with E-state index in [9.17, 15) is 5.11 Å². The van der Waals surface area contributed by atoms with Crippen LogP contribution in [0.2, 0.25) is 0 Å². The van der Waals surface area contributed by atoms with Crippen LogP contribution in [0.5, 0.6) is 0 Å². The van der Waals surface area contributed by atoms with E-state index in [2.05, 4.69) is 36.3 Å². The fraction of sp³-hybridized carbons (Fsp3) is 0.421. The van der Waals surface area contributed by atoms with E-state index >= 15 is 0 Å². The van der Waals surface area contributed by atoms with Crippen molar-refractivity contribution in [3.63, 3.8) is 0 Å². The number of aromatic nitrogens is 4. The lowest BCUT2D eigenvalue weighted by atomic mass is 10.2. The molecule has 1 aromatic carbocycles. The maximum atomic E-state index is 9.34. The average molecular weight is 354 g/mol. The SMILES string of the molecule is CCN(CCO)c1nc(NCc2ccccc2)c2ncn(C(C)C)c2n1. The first-order chi connectivity index (χ1) is 12.6. The minimum Gasteiger partial charge on any atom is -0.395 e. The first-order valence-electron chi connectivity index (χ1n) is 9.02. The summed E-state index contributed by atoms with van der Waals surface area (Å²) in [5, 5.41) is 12.7. The molecule has 3 aromatic rings. The summed E-state index contributed by atoms with van der Waals surface area (Å²) in [4.78, 5) is 15.9. The molecule has 138 valence electrons. The highest BCUT2D eigenvalue weighted by molar-refractivity contribution is 5.84. The van der Waals surface area contributed by atoms with E-state index < -0.39 is 0 Å². The maximum Gasteiger partial charge on any atom is 0.229 e. The molecule has 0 aliphatic carbocycles. The molecule has 0 aliphatic rings. The summed E-state index contributed by atoms with van der Waals surface area (Å²) in [6, 6.07) is 10.4. The van der Waals surface area contributed by atoms with Gasteiger partial charge in [0.2, 0.25) is 5.95 Å². The lowest BCUT2D eigenvalue weighted by Gasteiger charge is -2.21. The summed E-state index contributed by atoms with van der Waals surface area (Å²) < 4.78 is 2.04. The number of rotatable bonds is 8. The van der Waals surface area contributed by atoms with Gasteiger partial charge in [0.15, 0.2) is 17.0 Å². The van der Waals surface area contributed by atoms with E-state index in [-0.39, 0.29) is 12.6 Å². The maximum absolute atomic E-state index is 9.34. The van der Waals surface area contributed by atoms with E-state index in [1.54, 1.807) is 0 Å². The normalized spacial score (nSPS) is 11.3. The van der Waals surface area contributed by atoms with Crippen molar-refractivity contribution in [3.8, 4) is 0 Å². The van der Waals surface area contributed by atoms with Gasteiger partial charge < -0.3 is 19.9 Å². The number of hydrogen-bond donors (Lipinski definition) is 2. The molecule has 7 heteroatoms. The third kappa shape index (κ3) is 3.77. The Bertz CT molecular complexity index is 846. The highest BCUT2D eigenvalue weighted by atomic mass is 16.3. The fourth-order valence-corrected chi connectivity index (χ4v) is 2.85. The molecule has 0 aliphatic heterocycles. The molecule has 2 heterocycles. The summed E-state index contributed by atoms with van der Waals surface area (Å²) in [5.74, 6) is 1.32. The van der Waals surface area contributed by atoms with Gasteiger partial charge in [-0.1, -0.05) is 30.3 Å². The standard InChI is InChI=1S/C19H26N6O/c1-4-24(10-11-26)19-22-17(20-12-15-8-6-5-7-9-15)16-18(23-19)25(13-21-16)14(2)3/h5-9,13-14,26H,4,10-12H2,1-3H3,(H,20,22,23). The molecule has 0 radical (unpaired) electrons. The zero-order chi connectivity index (χ0) is 18.5. The Kier molecular flexibility index (Phi) is 5.68. The molecule has 0 saturated heterocycles. The van der Waals surface area contributed by atoms with E-state index in [1.165, 1.54) is 5.56 Å². The van der Waals surface area contributed by atoms with Gasteiger partial charge in [-0.05, 0) is 26.3 Å². The van der Waals surface area contributed by atoms with Crippen molar-refractivity contribution in [3.05, 3.63) is 42.2 Å². The number of fused-ring (bicyclic) bond motifs is 1. The number of imidazole rings is 1. The van der Waals surface area contributed by atoms with Crippen molar-refractivity contribution in [1.29, 1.82) is 0 Å². The lowest BCUT2D eigenvalue weighted by molar-refractivity contribution is 0.302. The summed E-state index contributed by atoms with van der Waals surface area (Å²) in [5.41, 5.74) is 2.74. The molecule has 0 saturated carbocycles. The number of aliphatic hydroxyl groups is 1. The minimum absolute atomic E-state index is 0.0610. The highest BCUT2D eigenvalue weighted by Gasteiger charge is 2.17. The van der Waals surface area contributed by atoms with Gasteiger partial charge in [-0.15, -0.1) is 0 Å². The van der Waals surface area contributed by atoms with Gasteiger partial charge in [0, 0.05) is 25.7 Å². The van der Waals surface area contributed by atoms with Gasteiger partial charge in [0.1, 0.15) is 0 Å². The van der Waals surface area contributed by atoms with Gasteiger partial charge in [-0.25, -0.2) is 4.98 Å². The second kappa shape index (κ2) is 8.14. The Morgan fingerprint density at radius 3 is 2.62 bits per heavy atom.